The molecule has 4 nitrogen and oxygen atoms in total. The van der Waals surface area contributed by atoms with Crippen molar-refractivity contribution >= 4 is 11.8 Å². The lowest BCUT2D eigenvalue weighted by Crippen LogP contribution is -2.50. The first-order chi connectivity index (χ1) is 12.1. The van der Waals surface area contributed by atoms with Gasteiger partial charge in [-0.3, -0.25) is 9.59 Å². The molecule has 25 heavy (non-hydrogen) atoms. The van der Waals surface area contributed by atoms with E-state index in [-0.39, 0.29) is 17.7 Å². The molecule has 2 amide bonds. The third-order valence-electron chi connectivity index (χ3n) is 4.37. The van der Waals surface area contributed by atoms with Gasteiger partial charge < -0.3 is 10.6 Å². The van der Waals surface area contributed by atoms with Gasteiger partial charge in [-0.15, -0.1) is 0 Å². The Hall–Kier alpha value is -2.62. The van der Waals surface area contributed by atoms with Crippen molar-refractivity contribution < 1.29 is 9.59 Å². The molecule has 0 fully saturated rings. The van der Waals surface area contributed by atoms with Gasteiger partial charge in [0.15, 0.2) is 0 Å². The number of hydrogen-bond acceptors (Lipinski definition) is 2. The maximum atomic E-state index is 12.6. The Bertz CT molecular complexity index is 671. The number of nitrogens with one attached hydrogen (secondary N) is 2. The molecule has 2 N–H and O–H groups in total. The van der Waals surface area contributed by atoms with Crippen LogP contribution in [0.25, 0.3) is 0 Å². The van der Waals surface area contributed by atoms with Crippen molar-refractivity contribution in [3.05, 3.63) is 71.8 Å². The summed E-state index contributed by atoms with van der Waals surface area (Å²) in [6, 6.07) is 18.5. The molecule has 2 rings (SSSR count). The van der Waals surface area contributed by atoms with Crippen LogP contribution in [0.15, 0.2) is 60.7 Å². The largest absolute Gasteiger partial charge is 0.354 e. The molecular formula is C21H26N2O2. The van der Waals surface area contributed by atoms with Crippen molar-refractivity contribution in [1.82, 2.24) is 10.6 Å². The highest BCUT2D eigenvalue weighted by Crippen LogP contribution is 2.10. The average molecular weight is 338 g/mol. The van der Waals surface area contributed by atoms with Crippen LogP contribution in [0.3, 0.4) is 0 Å². The summed E-state index contributed by atoms with van der Waals surface area (Å²) in [5, 5.41) is 5.83. The van der Waals surface area contributed by atoms with Crippen LogP contribution in [0.4, 0.5) is 0 Å². The predicted molar refractivity (Wildman–Crippen MR) is 100 cm³/mol. The van der Waals surface area contributed by atoms with Crippen molar-refractivity contribution in [3.63, 3.8) is 0 Å². The first-order valence-corrected chi connectivity index (χ1v) is 8.79. The number of hydrogen-bond donors (Lipinski definition) is 2. The van der Waals surface area contributed by atoms with Gasteiger partial charge in [-0.2, -0.15) is 0 Å². The third kappa shape index (κ3) is 5.75. The Morgan fingerprint density at radius 1 is 0.960 bits per heavy atom. The van der Waals surface area contributed by atoms with Gasteiger partial charge in [-0.25, -0.2) is 0 Å². The Kier molecular flexibility index (Phi) is 7.20. The standard InChI is InChI=1S/C21H26N2O2/c1-3-16(2)19(23-20(24)18-12-8-5-9-13-18)21(25)22-15-14-17-10-6-4-7-11-17/h4-13,16,19H,3,14-15H2,1-2H3,(H,22,25)(H,23,24). The molecule has 0 aliphatic carbocycles. The SMILES string of the molecule is CCC(C)C(NC(=O)c1ccccc1)C(=O)NCCc1ccccc1. The monoisotopic (exact) mass is 338 g/mol. The van der Waals surface area contributed by atoms with Crippen LogP contribution in [0, 0.1) is 5.92 Å². The number of benzene rings is 2. The Morgan fingerprint density at radius 2 is 1.56 bits per heavy atom. The fourth-order valence-corrected chi connectivity index (χ4v) is 2.60. The van der Waals surface area contributed by atoms with Crippen LogP contribution in [-0.4, -0.2) is 24.4 Å². The van der Waals surface area contributed by atoms with E-state index in [1.807, 2.05) is 62.4 Å². The zero-order chi connectivity index (χ0) is 18.1. The molecule has 2 aromatic carbocycles. The predicted octanol–water partition coefficient (Wildman–Crippen LogP) is 3.19. The molecule has 2 atom stereocenters. The maximum absolute atomic E-state index is 12.6. The minimum atomic E-state index is -0.534. The molecule has 0 radical (unpaired) electrons. The summed E-state index contributed by atoms with van der Waals surface area (Å²) in [6.45, 7) is 4.55. The summed E-state index contributed by atoms with van der Waals surface area (Å²) < 4.78 is 0. The quantitative estimate of drug-likeness (QED) is 0.776. The molecule has 2 unspecified atom stereocenters. The van der Waals surface area contributed by atoms with Gasteiger partial charge in [0.25, 0.3) is 5.91 Å². The fourth-order valence-electron chi connectivity index (χ4n) is 2.60. The minimum absolute atomic E-state index is 0.0596. The molecule has 0 aromatic heterocycles. The lowest BCUT2D eigenvalue weighted by molar-refractivity contribution is -0.124. The number of amides is 2. The third-order valence-corrected chi connectivity index (χ3v) is 4.37. The highest BCUT2D eigenvalue weighted by Gasteiger charge is 2.25. The highest BCUT2D eigenvalue weighted by atomic mass is 16.2. The first kappa shape index (κ1) is 18.7. The lowest BCUT2D eigenvalue weighted by atomic mass is 9.97. The molecule has 4 heteroatoms. The molecule has 2 aromatic rings. The fraction of sp³-hybridized carbons (Fsp3) is 0.333. The molecule has 0 saturated carbocycles. The van der Waals surface area contributed by atoms with Crippen LogP contribution in [0.5, 0.6) is 0 Å². The lowest BCUT2D eigenvalue weighted by Gasteiger charge is -2.23. The number of carbonyl (C=O) groups excluding carboxylic acids is 2. The van der Waals surface area contributed by atoms with Crippen LogP contribution in [0.1, 0.15) is 36.2 Å². The van der Waals surface area contributed by atoms with Gasteiger partial charge in [-0.05, 0) is 30.0 Å². The second-order valence-corrected chi connectivity index (χ2v) is 6.23. The summed E-state index contributed by atoms with van der Waals surface area (Å²) in [5.74, 6) is -0.289. The van der Waals surface area contributed by atoms with Gasteiger partial charge in [-0.1, -0.05) is 68.8 Å². The highest BCUT2D eigenvalue weighted by molar-refractivity contribution is 5.97. The summed E-state index contributed by atoms with van der Waals surface area (Å²) >= 11 is 0. The van der Waals surface area contributed by atoms with E-state index >= 15 is 0 Å². The van der Waals surface area contributed by atoms with E-state index in [1.54, 1.807) is 12.1 Å². The second-order valence-electron chi connectivity index (χ2n) is 6.23. The Labute approximate surface area is 149 Å². The van der Waals surface area contributed by atoms with Crippen molar-refractivity contribution in [3.8, 4) is 0 Å². The molecule has 0 aliphatic heterocycles. The van der Waals surface area contributed by atoms with Crippen LogP contribution in [-0.2, 0) is 11.2 Å². The molecule has 0 bridgehead atoms. The maximum Gasteiger partial charge on any atom is 0.251 e. The number of carbonyl (C=O) groups is 2. The molecular weight excluding hydrogens is 312 g/mol. The Morgan fingerprint density at radius 3 is 2.16 bits per heavy atom. The summed E-state index contributed by atoms with van der Waals surface area (Å²) in [5.41, 5.74) is 1.74. The van der Waals surface area contributed by atoms with Gasteiger partial charge in [0, 0.05) is 12.1 Å². The Balaban J connectivity index is 1.94. The summed E-state index contributed by atoms with van der Waals surface area (Å²) in [6.07, 6.45) is 1.58. The normalized spacial score (nSPS) is 12.9. The van der Waals surface area contributed by atoms with Crippen molar-refractivity contribution in [2.45, 2.75) is 32.7 Å². The summed E-state index contributed by atoms with van der Waals surface area (Å²) in [4.78, 5) is 25.0. The number of rotatable bonds is 8. The molecule has 0 heterocycles. The van der Waals surface area contributed by atoms with Gasteiger partial charge >= 0.3 is 0 Å². The zero-order valence-corrected chi connectivity index (χ0v) is 14.9. The van der Waals surface area contributed by atoms with Crippen LogP contribution < -0.4 is 10.6 Å². The van der Waals surface area contributed by atoms with Crippen LogP contribution >= 0.6 is 0 Å². The first-order valence-electron chi connectivity index (χ1n) is 8.79. The average Bonchev–Trinajstić information content (AvgIpc) is 2.66. The molecule has 0 aliphatic rings. The molecule has 0 spiro atoms. The van der Waals surface area contributed by atoms with E-state index in [0.717, 1.165) is 12.8 Å². The van der Waals surface area contributed by atoms with E-state index in [9.17, 15) is 9.59 Å². The van der Waals surface area contributed by atoms with Gasteiger partial charge in [0.1, 0.15) is 6.04 Å². The molecule has 132 valence electrons. The van der Waals surface area contributed by atoms with Crippen molar-refractivity contribution in [1.29, 1.82) is 0 Å². The van der Waals surface area contributed by atoms with E-state index in [0.29, 0.717) is 12.1 Å². The van der Waals surface area contributed by atoms with Gasteiger partial charge in [0.05, 0.1) is 0 Å². The smallest absolute Gasteiger partial charge is 0.251 e. The van der Waals surface area contributed by atoms with Crippen molar-refractivity contribution in [2.24, 2.45) is 5.92 Å². The van der Waals surface area contributed by atoms with E-state index in [1.165, 1.54) is 5.56 Å². The van der Waals surface area contributed by atoms with Crippen LogP contribution in [0.2, 0.25) is 0 Å². The summed E-state index contributed by atoms with van der Waals surface area (Å²) in [7, 11) is 0. The molecule has 0 saturated heterocycles. The topological polar surface area (TPSA) is 58.2 Å². The second kappa shape index (κ2) is 9.62. The van der Waals surface area contributed by atoms with E-state index in [2.05, 4.69) is 10.6 Å². The van der Waals surface area contributed by atoms with Gasteiger partial charge in [0.2, 0.25) is 5.91 Å². The van der Waals surface area contributed by atoms with Crippen molar-refractivity contribution in [2.75, 3.05) is 6.54 Å². The van der Waals surface area contributed by atoms with E-state index in [4.69, 9.17) is 0 Å². The zero-order valence-electron chi connectivity index (χ0n) is 14.9. The minimum Gasteiger partial charge on any atom is -0.354 e. The van der Waals surface area contributed by atoms with E-state index < -0.39 is 6.04 Å².